The van der Waals surface area contributed by atoms with Crippen molar-refractivity contribution in [1.29, 1.82) is 0 Å². The molecule has 0 saturated carbocycles. The maximum Gasteiger partial charge on any atom is 0.389 e. The molecule has 0 bridgehead atoms. The highest BCUT2D eigenvalue weighted by atomic mass is 35.7. The second-order valence-electron chi connectivity index (χ2n) is 3.57. The lowest BCUT2D eigenvalue weighted by molar-refractivity contribution is -0.135. The number of rotatable bonds is 5. The number of nitrogens with one attached hydrogen (secondary N) is 1. The summed E-state index contributed by atoms with van der Waals surface area (Å²) in [6, 6.07) is 1.08. The molecule has 10 heteroatoms. The molecule has 0 radical (unpaired) electrons. The van der Waals surface area contributed by atoms with Crippen LogP contribution >= 0.6 is 22.0 Å². The summed E-state index contributed by atoms with van der Waals surface area (Å²) in [6.07, 6.45) is -5.48. The molecule has 1 N–H and O–H groups in total. The number of carbonyl (C=O) groups excluding carboxylic acids is 1. The Balaban J connectivity index is 2.49. The highest BCUT2D eigenvalue weighted by Gasteiger charge is 2.26. The first-order valence-corrected chi connectivity index (χ1v) is 8.16. The number of alkyl halides is 3. The number of thiophene rings is 1. The van der Waals surface area contributed by atoms with Gasteiger partial charge < -0.3 is 5.32 Å². The highest BCUT2D eigenvalue weighted by molar-refractivity contribution is 8.15. The Kier molecular flexibility index (Phi) is 5.22. The van der Waals surface area contributed by atoms with Crippen LogP contribution in [0.15, 0.2) is 15.7 Å². The van der Waals surface area contributed by atoms with Gasteiger partial charge in [0.15, 0.2) is 0 Å². The van der Waals surface area contributed by atoms with E-state index in [1.807, 2.05) is 0 Å². The zero-order valence-electron chi connectivity index (χ0n) is 9.33. The largest absolute Gasteiger partial charge is 0.389 e. The summed E-state index contributed by atoms with van der Waals surface area (Å²) in [5.41, 5.74) is 0.0521. The molecule has 0 fully saturated rings. The predicted octanol–water partition coefficient (Wildman–Crippen LogP) is 2.75. The monoisotopic (exact) mass is 335 g/mol. The SMILES string of the molecule is O=C(NCCCC(F)(F)F)c1csc(S(=O)(=O)Cl)c1. The summed E-state index contributed by atoms with van der Waals surface area (Å²) >= 11 is 0.768. The number of halogens is 4. The smallest absolute Gasteiger partial charge is 0.352 e. The van der Waals surface area contributed by atoms with E-state index in [0.29, 0.717) is 0 Å². The molecular weight excluding hydrogens is 327 g/mol. The predicted molar refractivity (Wildman–Crippen MR) is 65.0 cm³/mol. The van der Waals surface area contributed by atoms with Crippen LogP contribution in [0.4, 0.5) is 13.2 Å². The number of hydrogen-bond donors (Lipinski definition) is 1. The van der Waals surface area contributed by atoms with E-state index in [4.69, 9.17) is 10.7 Å². The van der Waals surface area contributed by atoms with E-state index in [1.165, 1.54) is 5.38 Å². The molecule has 0 aliphatic heterocycles. The van der Waals surface area contributed by atoms with Gasteiger partial charge in [0.05, 0.1) is 5.56 Å². The Hall–Kier alpha value is -0.800. The second-order valence-corrected chi connectivity index (χ2v) is 7.27. The van der Waals surface area contributed by atoms with Crippen molar-refractivity contribution in [3.8, 4) is 0 Å². The molecule has 0 unspecified atom stereocenters. The van der Waals surface area contributed by atoms with Crippen LogP contribution < -0.4 is 5.32 Å². The average molecular weight is 336 g/mol. The van der Waals surface area contributed by atoms with E-state index in [9.17, 15) is 26.4 Å². The van der Waals surface area contributed by atoms with E-state index >= 15 is 0 Å². The van der Waals surface area contributed by atoms with Gasteiger partial charge in [0.25, 0.3) is 15.0 Å². The van der Waals surface area contributed by atoms with Crippen molar-refractivity contribution in [3.63, 3.8) is 0 Å². The maximum atomic E-state index is 11.8. The quantitative estimate of drug-likeness (QED) is 0.664. The summed E-state index contributed by atoms with van der Waals surface area (Å²) in [5.74, 6) is -0.634. The van der Waals surface area contributed by atoms with Crippen LogP contribution in [0, 0.1) is 0 Å². The van der Waals surface area contributed by atoms with Crippen molar-refractivity contribution in [2.45, 2.75) is 23.2 Å². The molecular formula is C9H9ClF3NO3S2. The van der Waals surface area contributed by atoms with Gasteiger partial charge in [-0.25, -0.2) is 8.42 Å². The highest BCUT2D eigenvalue weighted by Crippen LogP contribution is 2.24. The summed E-state index contributed by atoms with van der Waals surface area (Å²) in [5, 5.41) is 3.54. The summed E-state index contributed by atoms with van der Waals surface area (Å²) < 4.78 is 57.3. The molecule has 0 spiro atoms. The van der Waals surface area contributed by atoms with Gasteiger partial charge in [-0.3, -0.25) is 4.79 Å². The molecule has 0 aromatic carbocycles. The van der Waals surface area contributed by atoms with E-state index in [-0.39, 0.29) is 22.7 Å². The first-order valence-electron chi connectivity index (χ1n) is 4.98. The van der Waals surface area contributed by atoms with Crippen LogP contribution in [-0.4, -0.2) is 27.0 Å². The lowest BCUT2D eigenvalue weighted by Crippen LogP contribution is -2.25. The lowest BCUT2D eigenvalue weighted by Gasteiger charge is -2.06. The van der Waals surface area contributed by atoms with Crippen molar-refractivity contribution in [3.05, 3.63) is 17.0 Å². The van der Waals surface area contributed by atoms with E-state index in [0.717, 1.165) is 17.4 Å². The third-order valence-electron chi connectivity index (χ3n) is 2.00. The first-order chi connectivity index (χ1) is 8.59. The fourth-order valence-electron chi connectivity index (χ4n) is 1.16. The van der Waals surface area contributed by atoms with Gasteiger partial charge in [-0.05, 0) is 12.5 Å². The molecule has 1 aromatic heterocycles. The second kappa shape index (κ2) is 6.10. The number of carbonyl (C=O) groups is 1. The van der Waals surface area contributed by atoms with Crippen LogP contribution in [0.1, 0.15) is 23.2 Å². The lowest BCUT2D eigenvalue weighted by atomic mass is 10.3. The third-order valence-corrected chi connectivity index (χ3v) is 5.04. The molecule has 0 aliphatic rings. The molecule has 1 heterocycles. The molecule has 1 amide bonds. The van der Waals surface area contributed by atoms with Crippen molar-refractivity contribution >= 4 is 37.0 Å². The van der Waals surface area contributed by atoms with Crippen LogP contribution in [0.2, 0.25) is 0 Å². The Morgan fingerprint density at radius 3 is 2.53 bits per heavy atom. The number of amides is 1. The molecule has 1 aromatic rings. The van der Waals surface area contributed by atoms with Gasteiger partial charge in [0, 0.05) is 29.0 Å². The van der Waals surface area contributed by atoms with E-state index < -0.39 is 27.6 Å². The van der Waals surface area contributed by atoms with Crippen molar-refractivity contribution < 1.29 is 26.4 Å². The topological polar surface area (TPSA) is 63.2 Å². The van der Waals surface area contributed by atoms with Gasteiger partial charge in [0.1, 0.15) is 4.21 Å². The normalized spacial score (nSPS) is 12.4. The van der Waals surface area contributed by atoms with Crippen LogP contribution in [-0.2, 0) is 9.05 Å². The van der Waals surface area contributed by atoms with Crippen LogP contribution in [0.3, 0.4) is 0 Å². The fraction of sp³-hybridized carbons (Fsp3) is 0.444. The van der Waals surface area contributed by atoms with Crippen molar-refractivity contribution in [1.82, 2.24) is 5.32 Å². The molecule has 0 atom stereocenters. The van der Waals surface area contributed by atoms with Gasteiger partial charge in [0.2, 0.25) is 0 Å². The van der Waals surface area contributed by atoms with Crippen LogP contribution in [0.25, 0.3) is 0 Å². The van der Waals surface area contributed by atoms with E-state index in [2.05, 4.69) is 5.32 Å². The Morgan fingerprint density at radius 2 is 2.05 bits per heavy atom. The standard InChI is InChI=1S/C9H9ClF3NO3S2/c10-19(16,17)7-4-6(5-18-7)8(15)14-3-1-2-9(11,12)13/h4-5H,1-3H2,(H,14,15). The Labute approximate surface area is 116 Å². The molecule has 4 nitrogen and oxygen atoms in total. The van der Waals surface area contributed by atoms with Crippen molar-refractivity contribution in [2.24, 2.45) is 0 Å². The number of hydrogen-bond acceptors (Lipinski definition) is 4. The molecule has 0 aliphatic carbocycles. The minimum absolute atomic E-state index is 0.0521. The minimum Gasteiger partial charge on any atom is -0.352 e. The van der Waals surface area contributed by atoms with Gasteiger partial charge in [-0.1, -0.05) is 0 Å². The fourth-order valence-corrected chi connectivity index (χ4v) is 3.10. The summed E-state index contributed by atoms with van der Waals surface area (Å²) in [6.45, 7) is -0.142. The Morgan fingerprint density at radius 1 is 1.42 bits per heavy atom. The Bertz CT molecular complexity index is 553. The molecule has 19 heavy (non-hydrogen) atoms. The zero-order chi connectivity index (χ0) is 14.7. The summed E-state index contributed by atoms with van der Waals surface area (Å²) in [4.78, 5) is 11.5. The minimum atomic E-state index is -4.26. The van der Waals surface area contributed by atoms with Gasteiger partial charge >= 0.3 is 6.18 Å². The van der Waals surface area contributed by atoms with Crippen LogP contribution in [0.5, 0.6) is 0 Å². The molecule has 1 rings (SSSR count). The van der Waals surface area contributed by atoms with E-state index in [1.54, 1.807) is 0 Å². The van der Waals surface area contributed by atoms with Gasteiger partial charge in [-0.2, -0.15) is 13.2 Å². The van der Waals surface area contributed by atoms with Crippen molar-refractivity contribution in [2.75, 3.05) is 6.54 Å². The maximum absolute atomic E-state index is 11.8. The average Bonchev–Trinajstić information content (AvgIpc) is 2.71. The summed E-state index contributed by atoms with van der Waals surface area (Å²) in [7, 11) is 1.18. The first kappa shape index (κ1) is 16.3. The molecule has 108 valence electrons. The molecule has 0 saturated heterocycles. The van der Waals surface area contributed by atoms with Gasteiger partial charge in [-0.15, -0.1) is 11.3 Å². The zero-order valence-corrected chi connectivity index (χ0v) is 11.7. The third kappa shape index (κ3) is 5.79.